The molecule has 1 N–H and O–H groups in total. The van der Waals surface area contributed by atoms with E-state index < -0.39 is 0 Å². The van der Waals surface area contributed by atoms with Crippen LogP contribution >= 0.6 is 0 Å². The zero-order valence-electron chi connectivity index (χ0n) is 15.5. The Morgan fingerprint density at radius 2 is 2.12 bits per heavy atom. The van der Waals surface area contributed by atoms with Crippen molar-refractivity contribution in [2.45, 2.75) is 76.2 Å². The lowest BCUT2D eigenvalue weighted by Crippen LogP contribution is -2.51. The molecule has 3 unspecified atom stereocenters. The Balaban J connectivity index is 2.01. The van der Waals surface area contributed by atoms with Gasteiger partial charge in [0.05, 0.1) is 31.0 Å². The third-order valence-electron chi connectivity index (χ3n) is 5.60. The van der Waals surface area contributed by atoms with Crippen LogP contribution in [0, 0.1) is 5.92 Å². The molecule has 24 heavy (non-hydrogen) atoms. The Labute approximate surface area is 145 Å². The van der Waals surface area contributed by atoms with Gasteiger partial charge in [0.15, 0.2) is 0 Å². The summed E-state index contributed by atoms with van der Waals surface area (Å²) in [5, 5.41) is 9.48. The summed E-state index contributed by atoms with van der Waals surface area (Å²) in [5.74, 6) is 0.272. The number of rotatable bonds is 8. The molecular weight excluding hydrogens is 310 g/mol. The van der Waals surface area contributed by atoms with Crippen LogP contribution in [0.3, 0.4) is 0 Å². The summed E-state index contributed by atoms with van der Waals surface area (Å²) in [6.07, 6.45) is 4.65. The van der Waals surface area contributed by atoms with Crippen molar-refractivity contribution in [2.75, 3.05) is 27.4 Å². The first-order chi connectivity index (χ1) is 11.5. The highest BCUT2D eigenvalue weighted by atomic mass is 16.6. The van der Waals surface area contributed by atoms with Gasteiger partial charge >= 0.3 is 6.09 Å². The van der Waals surface area contributed by atoms with Gasteiger partial charge in [-0.15, -0.1) is 0 Å². The minimum absolute atomic E-state index is 0.0484. The number of ether oxygens (including phenoxy) is 3. The molecule has 2 rings (SSSR count). The van der Waals surface area contributed by atoms with Crippen LogP contribution in [0.2, 0.25) is 0 Å². The van der Waals surface area contributed by atoms with Crippen molar-refractivity contribution >= 4 is 6.09 Å². The van der Waals surface area contributed by atoms with Crippen molar-refractivity contribution in [2.24, 2.45) is 5.92 Å². The average molecular weight is 343 g/mol. The summed E-state index contributed by atoms with van der Waals surface area (Å²) in [7, 11) is 3.38. The molecule has 1 saturated heterocycles. The molecule has 6 nitrogen and oxygen atoms in total. The molecule has 1 saturated carbocycles. The van der Waals surface area contributed by atoms with E-state index in [4.69, 9.17) is 14.2 Å². The second kappa shape index (κ2) is 8.50. The second-order valence-electron chi connectivity index (χ2n) is 7.15. The number of aliphatic hydroxyl groups is 1. The maximum Gasteiger partial charge on any atom is 0.410 e. The van der Waals surface area contributed by atoms with E-state index in [1.807, 2.05) is 6.92 Å². The molecule has 0 aromatic heterocycles. The van der Waals surface area contributed by atoms with E-state index in [1.54, 1.807) is 14.2 Å². The molecule has 1 aliphatic heterocycles. The maximum atomic E-state index is 12.5. The lowest BCUT2D eigenvalue weighted by atomic mass is 9.73. The minimum atomic E-state index is -0.377. The molecule has 0 aromatic rings. The first kappa shape index (κ1) is 19.5. The second-order valence-corrected chi connectivity index (χ2v) is 7.15. The molecule has 0 bridgehead atoms. The Hall–Kier alpha value is -0.850. The highest BCUT2D eigenvalue weighted by Crippen LogP contribution is 2.49. The van der Waals surface area contributed by atoms with Crippen LogP contribution in [-0.4, -0.2) is 67.3 Å². The number of methoxy groups -OCH3 is 1. The molecule has 1 heterocycles. The SMILES string of the molecule is CCCC1C(OC)C(OC(=O)N(C)[C@H](CO)CCC)CC[C@]12CO2. The van der Waals surface area contributed by atoms with Gasteiger partial charge in [-0.3, -0.25) is 0 Å². The van der Waals surface area contributed by atoms with Crippen molar-refractivity contribution in [1.29, 1.82) is 0 Å². The standard InChI is InChI=1S/C18H33NO5/c1-5-7-13(11-20)19(3)17(21)24-15-9-10-18(12-23-18)14(8-6-2)16(15)22-4/h13-16,20H,5-12H2,1-4H3/t13-,14?,15?,16?,18-/m0/s1. The fourth-order valence-electron chi connectivity index (χ4n) is 4.03. The molecule has 5 atom stereocenters. The summed E-state index contributed by atoms with van der Waals surface area (Å²) in [5.41, 5.74) is -0.0542. The van der Waals surface area contributed by atoms with Gasteiger partial charge in [0.2, 0.25) is 0 Å². The van der Waals surface area contributed by atoms with Crippen molar-refractivity contribution in [3.05, 3.63) is 0 Å². The molecule has 6 heteroatoms. The van der Waals surface area contributed by atoms with Crippen LogP contribution in [0.4, 0.5) is 4.79 Å². The molecule has 0 radical (unpaired) electrons. The smallest absolute Gasteiger partial charge is 0.410 e. The van der Waals surface area contributed by atoms with E-state index in [1.165, 1.54) is 4.90 Å². The lowest BCUT2D eigenvalue weighted by Gasteiger charge is -2.41. The molecule has 1 amide bonds. The third-order valence-corrected chi connectivity index (χ3v) is 5.60. The number of likely N-dealkylation sites (N-methyl/N-ethyl adjacent to an activating group) is 1. The zero-order chi connectivity index (χ0) is 17.7. The molecule has 2 aliphatic rings. The van der Waals surface area contributed by atoms with Crippen LogP contribution in [0.15, 0.2) is 0 Å². The fraction of sp³-hybridized carbons (Fsp3) is 0.944. The van der Waals surface area contributed by atoms with Crippen LogP contribution in [0.1, 0.15) is 52.4 Å². The summed E-state index contributed by atoms with van der Waals surface area (Å²) >= 11 is 0. The normalized spacial score (nSPS) is 33.3. The van der Waals surface area contributed by atoms with Gasteiger partial charge in [0, 0.05) is 20.1 Å². The number of carbonyl (C=O) groups is 1. The molecule has 140 valence electrons. The summed E-state index contributed by atoms with van der Waals surface area (Å²) < 4.78 is 17.3. The fourth-order valence-corrected chi connectivity index (χ4v) is 4.03. The van der Waals surface area contributed by atoms with Gasteiger partial charge in [0.1, 0.15) is 6.10 Å². The van der Waals surface area contributed by atoms with Gasteiger partial charge in [-0.2, -0.15) is 0 Å². The summed E-state index contributed by atoms with van der Waals surface area (Å²) in [6.45, 7) is 4.94. The first-order valence-electron chi connectivity index (χ1n) is 9.24. The number of amides is 1. The monoisotopic (exact) mass is 343 g/mol. The Morgan fingerprint density at radius 1 is 1.42 bits per heavy atom. The number of epoxide rings is 1. The van der Waals surface area contributed by atoms with Gasteiger partial charge in [-0.05, 0) is 25.7 Å². The number of carbonyl (C=O) groups excluding carboxylic acids is 1. The number of nitrogens with zero attached hydrogens (tertiary/aromatic N) is 1. The van der Waals surface area contributed by atoms with E-state index in [-0.39, 0.29) is 42.5 Å². The minimum Gasteiger partial charge on any atom is -0.443 e. The van der Waals surface area contributed by atoms with Gasteiger partial charge in [-0.25, -0.2) is 4.79 Å². The number of aliphatic hydroxyl groups excluding tert-OH is 1. The molecule has 2 fully saturated rings. The quantitative estimate of drug-likeness (QED) is 0.686. The predicted octanol–water partition coefficient (Wildman–Crippen LogP) is 2.58. The van der Waals surface area contributed by atoms with Gasteiger partial charge < -0.3 is 24.2 Å². The van der Waals surface area contributed by atoms with Crippen LogP contribution in [0.5, 0.6) is 0 Å². The van der Waals surface area contributed by atoms with Gasteiger partial charge in [-0.1, -0.05) is 26.7 Å². The number of hydrogen-bond donors (Lipinski definition) is 1. The molecule has 0 aromatic carbocycles. The molecule has 1 spiro atoms. The van der Waals surface area contributed by atoms with Crippen molar-refractivity contribution < 1.29 is 24.1 Å². The van der Waals surface area contributed by atoms with Crippen molar-refractivity contribution in [3.8, 4) is 0 Å². The Kier molecular flexibility index (Phi) is 6.89. The average Bonchev–Trinajstić information content (AvgIpc) is 3.36. The number of hydrogen-bond acceptors (Lipinski definition) is 5. The molecule has 1 aliphatic carbocycles. The van der Waals surface area contributed by atoms with Crippen LogP contribution in [0.25, 0.3) is 0 Å². The third kappa shape index (κ3) is 4.03. The highest BCUT2D eigenvalue weighted by molar-refractivity contribution is 5.68. The van der Waals surface area contributed by atoms with E-state index in [0.717, 1.165) is 45.1 Å². The van der Waals surface area contributed by atoms with Crippen LogP contribution in [-0.2, 0) is 14.2 Å². The predicted molar refractivity (Wildman–Crippen MR) is 90.9 cm³/mol. The summed E-state index contributed by atoms with van der Waals surface area (Å²) in [6, 6.07) is -0.198. The lowest BCUT2D eigenvalue weighted by molar-refractivity contribution is -0.107. The molecular formula is C18H33NO5. The van der Waals surface area contributed by atoms with Crippen molar-refractivity contribution in [3.63, 3.8) is 0 Å². The maximum absolute atomic E-state index is 12.5. The van der Waals surface area contributed by atoms with E-state index in [2.05, 4.69) is 6.92 Å². The Morgan fingerprint density at radius 3 is 2.62 bits per heavy atom. The highest BCUT2D eigenvalue weighted by Gasteiger charge is 2.58. The topological polar surface area (TPSA) is 71.5 Å². The Bertz CT molecular complexity index is 412. The van der Waals surface area contributed by atoms with E-state index >= 15 is 0 Å². The first-order valence-corrected chi connectivity index (χ1v) is 9.24. The van der Waals surface area contributed by atoms with Crippen molar-refractivity contribution in [1.82, 2.24) is 4.90 Å². The zero-order valence-corrected chi connectivity index (χ0v) is 15.5. The van der Waals surface area contributed by atoms with E-state index in [0.29, 0.717) is 0 Å². The summed E-state index contributed by atoms with van der Waals surface area (Å²) in [4.78, 5) is 14.0. The van der Waals surface area contributed by atoms with Crippen LogP contribution < -0.4 is 0 Å². The van der Waals surface area contributed by atoms with Gasteiger partial charge in [0.25, 0.3) is 0 Å². The van der Waals surface area contributed by atoms with E-state index in [9.17, 15) is 9.90 Å². The largest absolute Gasteiger partial charge is 0.443 e.